The van der Waals surface area contributed by atoms with Crippen LogP contribution in [0.15, 0.2) is 52.6 Å². The number of hydrogen-bond acceptors (Lipinski definition) is 5. The van der Waals surface area contributed by atoms with E-state index in [0.717, 1.165) is 11.3 Å². The van der Waals surface area contributed by atoms with Crippen LogP contribution in [0, 0.1) is 0 Å². The molecule has 0 radical (unpaired) electrons. The summed E-state index contributed by atoms with van der Waals surface area (Å²) in [5.41, 5.74) is 2.59. The first-order chi connectivity index (χ1) is 13.5. The normalized spacial score (nSPS) is 11.9. The molecule has 0 saturated carbocycles. The number of hydrogen-bond donors (Lipinski definition) is 2. The zero-order valence-electron chi connectivity index (χ0n) is 15.0. The van der Waals surface area contributed by atoms with Gasteiger partial charge >= 0.3 is 0 Å². The summed E-state index contributed by atoms with van der Waals surface area (Å²) >= 11 is 13.0. The van der Waals surface area contributed by atoms with Crippen LogP contribution in [0.5, 0.6) is 0 Å². The minimum Gasteiger partial charge on any atom is -0.337 e. The average molecular weight is 412 g/mol. The van der Waals surface area contributed by atoms with Gasteiger partial charge in [0.2, 0.25) is 0 Å². The van der Waals surface area contributed by atoms with Crippen LogP contribution in [0.25, 0.3) is 21.7 Å². The molecule has 8 heteroatoms. The zero-order valence-corrected chi connectivity index (χ0v) is 16.6. The lowest BCUT2D eigenvalue weighted by molar-refractivity contribution is 1.27. The van der Waals surface area contributed by atoms with Crippen LogP contribution in [-0.2, 0) is 0 Å². The zero-order chi connectivity index (χ0) is 19.8. The van der Waals surface area contributed by atoms with Crippen molar-refractivity contribution in [3.63, 3.8) is 0 Å². The molecule has 0 amide bonds. The molecular weight excluding hydrogens is 397 g/mol. The summed E-state index contributed by atoms with van der Waals surface area (Å²) < 4.78 is 0. The van der Waals surface area contributed by atoms with E-state index in [9.17, 15) is 4.79 Å². The SMILES string of the molecule is CN=C(C)c1cc(Cl)c(Nc2nc3ccncc3c3c(=O)[nH]ccc23)c(Cl)c1. The van der Waals surface area contributed by atoms with Gasteiger partial charge in [-0.3, -0.25) is 14.8 Å². The van der Waals surface area contributed by atoms with Crippen LogP contribution >= 0.6 is 23.2 Å². The fraction of sp³-hybridized carbons (Fsp3) is 0.100. The minimum absolute atomic E-state index is 0.219. The molecule has 0 aliphatic rings. The molecule has 0 aliphatic heterocycles. The van der Waals surface area contributed by atoms with E-state index >= 15 is 0 Å². The second-order valence-electron chi connectivity index (χ2n) is 6.20. The number of nitrogens with zero attached hydrogens (tertiary/aromatic N) is 3. The van der Waals surface area contributed by atoms with Gasteiger partial charge in [0.05, 0.1) is 26.6 Å². The lowest BCUT2D eigenvalue weighted by Gasteiger charge is -2.14. The Morgan fingerprint density at radius 2 is 1.93 bits per heavy atom. The molecule has 4 rings (SSSR count). The third kappa shape index (κ3) is 3.10. The molecule has 4 aromatic rings. The number of halogens is 2. The molecule has 0 unspecified atom stereocenters. The van der Waals surface area contributed by atoms with E-state index in [1.807, 2.05) is 6.92 Å². The van der Waals surface area contributed by atoms with Crippen molar-refractivity contribution in [2.45, 2.75) is 6.92 Å². The largest absolute Gasteiger partial charge is 0.337 e. The summed E-state index contributed by atoms with van der Waals surface area (Å²) in [6.07, 6.45) is 4.84. The Kier molecular flexibility index (Phi) is 4.75. The smallest absolute Gasteiger partial charge is 0.256 e. The molecule has 3 heterocycles. The van der Waals surface area contributed by atoms with Crippen LogP contribution < -0.4 is 10.9 Å². The molecule has 0 atom stereocenters. The van der Waals surface area contributed by atoms with Crippen molar-refractivity contribution in [3.8, 4) is 0 Å². The molecule has 0 spiro atoms. The lowest BCUT2D eigenvalue weighted by atomic mass is 10.1. The highest BCUT2D eigenvalue weighted by atomic mass is 35.5. The fourth-order valence-corrected chi connectivity index (χ4v) is 3.63. The maximum absolute atomic E-state index is 12.5. The number of nitrogens with one attached hydrogen (secondary N) is 2. The van der Waals surface area contributed by atoms with E-state index in [1.165, 1.54) is 0 Å². The van der Waals surface area contributed by atoms with Gasteiger partial charge in [-0.2, -0.15) is 0 Å². The van der Waals surface area contributed by atoms with E-state index in [0.29, 0.717) is 43.2 Å². The maximum Gasteiger partial charge on any atom is 0.256 e. The van der Waals surface area contributed by atoms with E-state index in [-0.39, 0.29) is 5.56 Å². The molecule has 0 saturated heterocycles. The summed E-state index contributed by atoms with van der Waals surface area (Å²) in [4.78, 5) is 28.1. The number of H-pyrrole nitrogens is 1. The number of anilines is 2. The molecular formula is C20H15Cl2N5O. The van der Waals surface area contributed by atoms with Gasteiger partial charge in [-0.05, 0) is 36.8 Å². The van der Waals surface area contributed by atoms with E-state index < -0.39 is 0 Å². The van der Waals surface area contributed by atoms with Gasteiger partial charge in [0.15, 0.2) is 0 Å². The van der Waals surface area contributed by atoms with Gasteiger partial charge in [-0.1, -0.05) is 23.2 Å². The third-order valence-corrected chi connectivity index (χ3v) is 5.15. The van der Waals surface area contributed by atoms with Gasteiger partial charge in [0, 0.05) is 42.1 Å². The third-order valence-electron chi connectivity index (χ3n) is 4.55. The van der Waals surface area contributed by atoms with E-state index in [1.54, 1.807) is 49.9 Å². The van der Waals surface area contributed by atoms with Crippen molar-refractivity contribution in [2.24, 2.45) is 4.99 Å². The van der Waals surface area contributed by atoms with E-state index in [4.69, 9.17) is 23.2 Å². The van der Waals surface area contributed by atoms with E-state index in [2.05, 4.69) is 25.3 Å². The average Bonchev–Trinajstić information content (AvgIpc) is 2.69. The maximum atomic E-state index is 12.5. The highest BCUT2D eigenvalue weighted by Gasteiger charge is 2.15. The van der Waals surface area contributed by atoms with Crippen molar-refractivity contribution >= 4 is 62.1 Å². The molecule has 0 aliphatic carbocycles. The van der Waals surface area contributed by atoms with Crippen LogP contribution in [0.4, 0.5) is 11.5 Å². The topological polar surface area (TPSA) is 83.0 Å². The van der Waals surface area contributed by atoms with Gasteiger partial charge < -0.3 is 10.3 Å². The summed E-state index contributed by atoms with van der Waals surface area (Å²) in [7, 11) is 1.71. The fourth-order valence-electron chi connectivity index (χ4n) is 3.05. The molecule has 1 aromatic carbocycles. The Morgan fingerprint density at radius 1 is 1.18 bits per heavy atom. The number of rotatable bonds is 3. The van der Waals surface area contributed by atoms with Gasteiger partial charge in [0.25, 0.3) is 5.56 Å². The standard InChI is InChI=1S/C20H15Cl2N5O/c1-10(23-2)11-7-14(21)18(15(22)8-11)27-19-12-3-6-25-20(28)17(12)13-9-24-5-4-16(13)26-19/h3-9H,1-2H3,(H,25,28)(H,26,27). The Morgan fingerprint density at radius 3 is 2.64 bits per heavy atom. The van der Waals surface area contributed by atoms with Crippen molar-refractivity contribution in [1.82, 2.24) is 15.0 Å². The van der Waals surface area contributed by atoms with Crippen LogP contribution in [0.1, 0.15) is 12.5 Å². The first kappa shape index (κ1) is 18.4. The summed E-state index contributed by atoms with van der Waals surface area (Å²) in [5.74, 6) is 0.484. The highest BCUT2D eigenvalue weighted by Crippen LogP contribution is 2.36. The van der Waals surface area contributed by atoms with Gasteiger partial charge in [-0.25, -0.2) is 4.98 Å². The summed E-state index contributed by atoms with van der Waals surface area (Å²) in [5, 5.41) is 5.88. The van der Waals surface area contributed by atoms with Crippen LogP contribution in [0.3, 0.4) is 0 Å². The number of aromatic nitrogens is 3. The molecule has 140 valence electrons. The van der Waals surface area contributed by atoms with Crippen molar-refractivity contribution < 1.29 is 0 Å². The highest BCUT2D eigenvalue weighted by molar-refractivity contribution is 6.40. The Labute approximate surface area is 170 Å². The molecule has 0 bridgehead atoms. The Hall–Kier alpha value is -2.96. The van der Waals surface area contributed by atoms with Crippen LogP contribution in [-0.4, -0.2) is 27.7 Å². The summed E-state index contributed by atoms with van der Waals surface area (Å²) in [6, 6.07) is 7.11. The van der Waals surface area contributed by atoms with Crippen LogP contribution in [0.2, 0.25) is 10.0 Å². The lowest BCUT2D eigenvalue weighted by Crippen LogP contribution is -2.08. The van der Waals surface area contributed by atoms with Gasteiger partial charge in [0.1, 0.15) is 5.82 Å². The number of aromatic amines is 1. The summed E-state index contributed by atoms with van der Waals surface area (Å²) in [6.45, 7) is 1.88. The number of aliphatic imine (C=N–C) groups is 1. The Bertz CT molecular complexity index is 1290. The first-order valence-corrected chi connectivity index (χ1v) is 9.20. The predicted octanol–water partition coefficient (Wildman–Crippen LogP) is 4.96. The first-order valence-electron chi connectivity index (χ1n) is 8.44. The number of pyridine rings is 3. The Balaban J connectivity index is 1.94. The molecule has 6 nitrogen and oxygen atoms in total. The molecule has 0 fully saturated rings. The second-order valence-corrected chi connectivity index (χ2v) is 7.01. The molecule has 28 heavy (non-hydrogen) atoms. The van der Waals surface area contributed by atoms with Crippen molar-refractivity contribution in [3.05, 3.63) is 68.8 Å². The molecule has 2 N–H and O–H groups in total. The monoisotopic (exact) mass is 411 g/mol. The second kappa shape index (κ2) is 7.22. The molecule has 3 aromatic heterocycles. The minimum atomic E-state index is -0.219. The van der Waals surface area contributed by atoms with Crippen molar-refractivity contribution in [2.75, 3.05) is 12.4 Å². The quantitative estimate of drug-likeness (QED) is 0.368. The number of benzene rings is 1. The van der Waals surface area contributed by atoms with Crippen molar-refractivity contribution in [1.29, 1.82) is 0 Å². The number of fused-ring (bicyclic) bond motifs is 3. The van der Waals surface area contributed by atoms with Gasteiger partial charge in [-0.15, -0.1) is 0 Å². The predicted molar refractivity (Wildman–Crippen MR) is 116 cm³/mol.